The minimum atomic E-state index is -0.702. The van der Waals surface area contributed by atoms with Gasteiger partial charge in [0.1, 0.15) is 0 Å². The molecule has 0 saturated heterocycles. The molecule has 0 unspecified atom stereocenters. The second kappa shape index (κ2) is 12.1. The van der Waals surface area contributed by atoms with Crippen molar-refractivity contribution in [3.05, 3.63) is 148 Å². The molecule has 1 N–H and O–H groups in total. The van der Waals surface area contributed by atoms with E-state index in [1.165, 1.54) is 0 Å². The highest BCUT2D eigenvalue weighted by molar-refractivity contribution is 6.22. The Labute approximate surface area is 297 Å². The van der Waals surface area contributed by atoms with Crippen LogP contribution in [-0.2, 0) is 12.0 Å². The van der Waals surface area contributed by atoms with Gasteiger partial charge in [0.2, 0.25) is 5.65 Å². The number of amides is 2. The lowest BCUT2D eigenvalue weighted by atomic mass is 9.54. The van der Waals surface area contributed by atoms with E-state index in [0.29, 0.717) is 17.5 Å². The van der Waals surface area contributed by atoms with E-state index in [4.69, 9.17) is 10.1 Å². The van der Waals surface area contributed by atoms with Crippen molar-refractivity contribution in [1.29, 1.82) is 0 Å². The molecule has 9 heteroatoms. The van der Waals surface area contributed by atoms with Gasteiger partial charge < -0.3 is 0 Å². The first kappa shape index (κ1) is 32.3. The van der Waals surface area contributed by atoms with Gasteiger partial charge in [-0.15, -0.1) is 0 Å². The van der Waals surface area contributed by atoms with Crippen LogP contribution < -0.4 is 0 Å². The quantitative estimate of drug-likeness (QED) is 0.0966. The number of aryl methyl sites for hydroxylation is 1. The summed E-state index contributed by atoms with van der Waals surface area (Å²) < 4.78 is 3.67. The maximum absolute atomic E-state index is 13.8. The van der Waals surface area contributed by atoms with Crippen LogP contribution in [0.25, 0.3) is 16.8 Å². The number of allylic oxidation sites excluding steroid dienone is 1. The van der Waals surface area contributed by atoms with E-state index in [1.807, 2.05) is 71.7 Å². The molecule has 4 heterocycles. The summed E-state index contributed by atoms with van der Waals surface area (Å²) in [5, 5.41) is 12.3. The van der Waals surface area contributed by atoms with Crippen LogP contribution in [0.15, 0.2) is 103 Å². The Morgan fingerprint density at radius 3 is 2.22 bits per heavy atom. The van der Waals surface area contributed by atoms with E-state index in [0.717, 1.165) is 75.5 Å². The highest BCUT2D eigenvalue weighted by atomic mass is 16.2. The topological polar surface area (TPSA) is 99.3 Å². The zero-order valence-electron chi connectivity index (χ0n) is 29.4. The van der Waals surface area contributed by atoms with Gasteiger partial charge in [-0.1, -0.05) is 96.6 Å². The van der Waals surface area contributed by atoms with Crippen LogP contribution in [0.1, 0.15) is 87.5 Å². The Morgan fingerprint density at radius 1 is 0.941 bits per heavy atom. The number of carbonyl (C=O) groups excluding carboxylic acids is 2. The van der Waals surface area contributed by atoms with E-state index >= 15 is 0 Å². The summed E-state index contributed by atoms with van der Waals surface area (Å²) in [6.45, 7) is 10.7. The Kier molecular flexibility index (Phi) is 7.67. The Hall–Kier alpha value is -5.96. The number of aromatic amines is 1. The first-order valence-electron chi connectivity index (χ1n) is 17.4. The van der Waals surface area contributed by atoms with Crippen molar-refractivity contribution in [2.45, 2.75) is 52.0 Å². The van der Waals surface area contributed by atoms with Crippen LogP contribution in [0.5, 0.6) is 0 Å². The van der Waals surface area contributed by atoms with Crippen molar-refractivity contribution < 1.29 is 14.2 Å². The van der Waals surface area contributed by atoms with Crippen molar-refractivity contribution in [3.8, 4) is 0 Å². The van der Waals surface area contributed by atoms with Gasteiger partial charge in [0, 0.05) is 24.0 Å². The van der Waals surface area contributed by atoms with E-state index < -0.39 is 5.54 Å². The molecule has 1 aliphatic heterocycles. The summed E-state index contributed by atoms with van der Waals surface area (Å²) in [7, 11) is 1.91. The molecule has 1 aliphatic carbocycles. The van der Waals surface area contributed by atoms with Crippen molar-refractivity contribution in [1.82, 2.24) is 29.7 Å². The fourth-order valence-electron chi connectivity index (χ4n) is 8.24. The van der Waals surface area contributed by atoms with Gasteiger partial charge in [0.05, 0.1) is 47.4 Å². The minimum absolute atomic E-state index is 0.0391. The Morgan fingerprint density at radius 2 is 1.61 bits per heavy atom. The molecular weight excluding hydrogens is 635 g/mol. The monoisotopic (exact) mass is 674 g/mol. The van der Waals surface area contributed by atoms with Crippen LogP contribution in [-0.4, -0.2) is 59.9 Å². The number of rotatable bonds is 9. The standard InChI is InChI=1S/C42H40N7O2/c1-6-41(3)25-42(26-41,48-39(50)31-14-10-11-15-32(31)40(48)51)30-18-16-28(17-19-30)23-33(29-12-8-7-9-13-29)37(35-20-21-44-45-35)34-24-43-36-22-27(2)46-49(36)38(34)47(4)5/h7-22,24H,4,6,23,25-26H2,1-3,5H3,(H,44,45)/q+1. The maximum Gasteiger partial charge on any atom is 0.317 e. The van der Waals surface area contributed by atoms with Crippen molar-refractivity contribution in [2.24, 2.45) is 5.41 Å². The lowest BCUT2D eigenvalue weighted by Gasteiger charge is -2.58. The highest BCUT2D eigenvalue weighted by Crippen LogP contribution is 2.60. The SMILES string of the molecule is C=[N+](C)c1c(C(=C(Cc2ccc(C3(N4C(=O)c5ccccc5C4=O)CC(C)(CC)C3)cc2)c2ccccc2)c2ccn[nH]2)cnc2cc(C)nn12. The summed E-state index contributed by atoms with van der Waals surface area (Å²) in [6.07, 6.45) is 6.66. The first-order valence-corrected chi connectivity index (χ1v) is 17.4. The molecule has 0 radical (unpaired) electrons. The molecule has 3 aromatic heterocycles. The fraction of sp³-hybridized carbons (Fsp3) is 0.238. The number of imide groups is 1. The van der Waals surface area contributed by atoms with Gasteiger partial charge in [0.25, 0.3) is 11.8 Å². The molecule has 9 nitrogen and oxygen atoms in total. The number of hydrogen-bond donors (Lipinski definition) is 1. The highest BCUT2D eigenvalue weighted by Gasteiger charge is 2.60. The van der Waals surface area contributed by atoms with Gasteiger partial charge in [-0.2, -0.15) is 5.10 Å². The smallest absolute Gasteiger partial charge is 0.278 e. The number of carbonyl (C=O) groups is 2. The van der Waals surface area contributed by atoms with E-state index in [1.54, 1.807) is 23.2 Å². The average molecular weight is 675 g/mol. The molecule has 6 aromatic rings. The van der Waals surface area contributed by atoms with Crippen molar-refractivity contribution >= 4 is 41.1 Å². The largest absolute Gasteiger partial charge is 0.317 e. The summed E-state index contributed by atoms with van der Waals surface area (Å²) in [6, 6.07) is 29.9. The molecule has 254 valence electrons. The lowest BCUT2D eigenvalue weighted by Crippen LogP contribution is -2.60. The minimum Gasteiger partial charge on any atom is -0.278 e. The molecule has 51 heavy (non-hydrogen) atoms. The number of benzene rings is 3. The molecule has 8 rings (SSSR count). The van der Waals surface area contributed by atoms with Crippen LogP contribution in [0.2, 0.25) is 0 Å². The van der Waals surface area contributed by atoms with E-state index in [2.05, 4.69) is 67.2 Å². The van der Waals surface area contributed by atoms with Crippen LogP contribution in [0, 0.1) is 12.3 Å². The van der Waals surface area contributed by atoms with Crippen molar-refractivity contribution in [2.75, 3.05) is 7.05 Å². The molecular formula is C42H40N7O2+. The number of nitrogens with one attached hydrogen (secondary N) is 1. The number of H-pyrrole nitrogens is 1. The Balaban J connectivity index is 1.26. The molecule has 2 amide bonds. The molecule has 3 aromatic carbocycles. The van der Waals surface area contributed by atoms with E-state index in [-0.39, 0.29) is 17.2 Å². The zero-order valence-corrected chi connectivity index (χ0v) is 29.4. The van der Waals surface area contributed by atoms with Gasteiger partial charge in [-0.3, -0.25) is 19.6 Å². The van der Waals surface area contributed by atoms with Gasteiger partial charge in [-0.05, 0) is 72.1 Å². The number of hydrogen-bond acceptors (Lipinski definition) is 5. The zero-order chi connectivity index (χ0) is 35.5. The lowest BCUT2D eigenvalue weighted by molar-refractivity contribution is -0.401. The number of nitrogens with zero attached hydrogens (tertiary/aromatic N) is 6. The predicted molar refractivity (Wildman–Crippen MR) is 198 cm³/mol. The first-order chi connectivity index (χ1) is 24.6. The van der Waals surface area contributed by atoms with Gasteiger partial charge in [-0.25, -0.2) is 9.56 Å². The second-order valence-electron chi connectivity index (χ2n) is 14.4. The third kappa shape index (κ3) is 5.23. The van der Waals surface area contributed by atoms with Crippen molar-refractivity contribution in [3.63, 3.8) is 0 Å². The normalized spacial score (nSPS) is 20.4. The average Bonchev–Trinajstić information content (AvgIpc) is 3.85. The molecule has 0 bridgehead atoms. The summed E-state index contributed by atoms with van der Waals surface area (Å²) in [4.78, 5) is 34.0. The number of fused-ring (bicyclic) bond motifs is 2. The van der Waals surface area contributed by atoms with Crippen LogP contribution in [0.3, 0.4) is 0 Å². The molecule has 0 spiro atoms. The summed E-state index contributed by atoms with van der Waals surface area (Å²) >= 11 is 0. The third-order valence-electron chi connectivity index (χ3n) is 10.8. The molecule has 2 aliphatic rings. The number of aromatic nitrogens is 5. The summed E-state index contributed by atoms with van der Waals surface area (Å²) in [5.74, 6) is 0.384. The third-order valence-corrected chi connectivity index (χ3v) is 10.8. The van der Waals surface area contributed by atoms with Crippen LogP contribution >= 0.6 is 0 Å². The molecule has 0 atom stereocenters. The van der Waals surface area contributed by atoms with Gasteiger partial charge >= 0.3 is 5.82 Å². The maximum atomic E-state index is 13.8. The Bertz CT molecular complexity index is 2330. The van der Waals surface area contributed by atoms with Crippen LogP contribution in [0.4, 0.5) is 5.82 Å². The second-order valence-corrected chi connectivity index (χ2v) is 14.4. The molecule has 1 saturated carbocycles. The molecule has 1 fully saturated rings. The summed E-state index contributed by atoms with van der Waals surface area (Å²) in [5.41, 5.74) is 8.74. The van der Waals surface area contributed by atoms with E-state index in [9.17, 15) is 9.59 Å². The van der Waals surface area contributed by atoms with Gasteiger partial charge in [0.15, 0.2) is 0 Å². The predicted octanol–water partition coefficient (Wildman–Crippen LogP) is 7.64. The fourth-order valence-corrected chi connectivity index (χ4v) is 8.24.